The molecule has 150 valence electrons. The first-order chi connectivity index (χ1) is 13.7. The van der Waals surface area contributed by atoms with E-state index in [1.165, 1.54) is 0 Å². The maximum atomic E-state index is 6.35. The van der Waals surface area contributed by atoms with Crippen LogP contribution in [0.5, 0.6) is 0 Å². The average molecular weight is 383 g/mol. The number of hydrogen-bond donors (Lipinski definition) is 0. The van der Waals surface area contributed by atoms with Crippen molar-refractivity contribution in [2.45, 2.75) is 51.7 Å². The molecule has 1 saturated heterocycles. The summed E-state index contributed by atoms with van der Waals surface area (Å²) < 4.78 is 24.6. The molecule has 2 aromatic carbocycles. The van der Waals surface area contributed by atoms with Crippen LogP contribution in [-0.4, -0.2) is 31.2 Å². The van der Waals surface area contributed by atoms with Gasteiger partial charge >= 0.3 is 0 Å². The lowest BCUT2D eigenvalue weighted by Crippen LogP contribution is -2.55. The minimum Gasteiger partial charge on any atom is -0.370 e. The van der Waals surface area contributed by atoms with Crippen molar-refractivity contribution in [3.8, 4) is 0 Å². The molecule has 3 rings (SSSR count). The van der Waals surface area contributed by atoms with Crippen LogP contribution < -0.4 is 0 Å². The quantitative estimate of drug-likeness (QED) is 0.587. The molecule has 0 N–H and O–H groups in total. The van der Waals surface area contributed by atoms with Crippen LogP contribution in [-0.2, 0) is 32.2 Å². The molecule has 0 amide bonds. The zero-order chi connectivity index (χ0) is 19.8. The van der Waals surface area contributed by atoms with Crippen LogP contribution in [0.1, 0.15) is 25.0 Å². The van der Waals surface area contributed by atoms with Gasteiger partial charge in [0.05, 0.1) is 32.0 Å². The Morgan fingerprint density at radius 1 is 0.821 bits per heavy atom. The van der Waals surface area contributed by atoms with Gasteiger partial charge in [-0.15, -0.1) is 6.58 Å². The minimum absolute atomic E-state index is 0.0284. The number of ether oxygens (including phenoxy) is 4. The van der Waals surface area contributed by atoms with Crippen molar-refractivity contribution in [2.24, 2.45) is 5.92 Å². The standard InChI is InChI=1S/C24H30O4/c1-4-15-25-24-18(2)22(26-16-20-11-7-5-8-12-20)23(19(3)28-24)27-17-21-13-9-6-10-14-21/h4-14,18-19,22-24H,1,15-17H2,2-3H3/t18-,19+,22+,23+,24+/m1/s1. The van der Waals surface area contributed by atoms with E-state index in [9.17, 15) is 0 Å². The topological polar surface area (TPSA) is 36.9 Å². The normalized spacial score (nSPS) is 27.4. The molecule has 0 spiro atoms. The van der Waals surface area contributed by atoms with Crippen molar-refractivity contribution in [1.29, 1.82) is 0 Å². The highest BCUT2D eigenvalue weighted by Crippen LogP contribution is 2.32. The molecule has 1 aliphatic heterocycles. The Balaban J connectivity index is 1.70. The molecule has 4 nitrogen and oxygen atoms in total. The Kier molecular flexibility index (Phi) is 7.80. The Hall–Kier alpha value is -1.98. The molecule has 0 aromatic heterocycles. The molecular formula is C24H30O4. The van der Waals surface area contributed by atoms with Gasteiger partial charge in [-0.1, -0.05) is 73.7 Å². The smallest absolute Gasteiger partial charge is 0.163 e. The van der Waals surface area contributed by atoms with Gasteiger partial charge in [-0.05, 0) is 18.1 Å². The van der Waals surface area contributed by atoms with Crippen LogP contribution in [0.4, 0.5) is 0 Å². The van der Waals surface area contributed by atoms with Gasteiger partial charge in [0.15, 0.2) is 6.29 Å². The highest BCUT2D eigenvalue weighted by Gasteiger charge is 2.44. The first kappa shape index (κ1) is 20.7. The van der Waals surface area contributed by atoms with Gasteiger partial charge in [0.2, 0.25) is 0 Å². The fourth-order valence-corrected chi connectivity index (χ4v) is 3.50. The molecular weight excluding hydrogens is 352 g/mol. The van der Waals surface area contributed by atoms with Gasteiger partial charge in [-0.25, -0.2) is 0 Å². The summed E-state index contributed by atoms with van der Waals surface area (Å²) in [6.45, 7) is 9.34. The van der Waals surface area contributed by atoms with E-state index in [2.05, 4.69) is 37.8 Å². The SMILES string of the molecule is C=CCO[C@H]1O[C@@H](C)[C@H](OCc2ccccc2)[C@@H](OCc2ccccc2)[C@H]1C. The van der Waals surface area contributed by atoms with Gasteiger partial charge in [0.1, 0.15) is 6.10 Å². The molecule has 0 unspecified atom stereocenters. The van der Waals surface area contributed by atoms with Gasteiger partial charge < -0.3 is 18.9 Å². The van der Waals surface area contributed by atoms with Crippen molar-refractivity contribution in [3.63, 3.8) is 0 Å². The summed E-state index contributed by atoms with van der Waals surface area (Å²) >= 11 is 0. The van der Waals surface area contributed by atoms with Crippen molar-refractivity contribution >= 4 is 0 Å². The summed E-state index contributed by atoms with van der Waals surface area (Å²) in [6.07, 6.45) is 0.935. The molecule has 1 aliphatic rings. The summed E-state index contributed by atoms with van der Waals surface area (Å²) in [5.41, 5.74) is 2.27. The Morgan fingerprint density at radius 2 is 1.36 bits per heavy atom. The van der Waals surface area contributed by atoms with E-state index in [0.717, 1.165) is 11.1 Å². The lowest BCUT2D eigenvalue weighted by Gasteiger charge is -2.44. The van der Waals surface area contributed by atoms with Crippen LogP contribution in [0, 0.1) is 5.92 Å². The van der Waals surface area contributed by atoms with E-state index >= 15 is 0 Å². The lowest BCUT2D eigenvalue weighted by atomic mass is 9.92. The Bertz CT molecular complexity index is 703. The Morgan fingerprint density at radius 3 is 1.89 bits per heavy atom. The zero-order valence-electron chi connectivity index (χ0n) is 16.7. The summed E-state index contributed by atoms with van der Waals surface area (Å²) in [5.74, 6) is 0.0284. The second kappa shape index (κ2) is 10.5. The molecule has 1 heterocycles. The largest absolute Gasteiger partial charge is 0.370 e. The van der Waals surface area contributed by atoms with Crippen molar-refractivity contribution in [2.75, 3.05) is 6.61 Å². The molecule has 0 bridgehead atoms. The fourth-order valence-electron chi connectivity index (χ4n) is 3.50. The first-order valence-corrected chi connectivity index (χ1v) is 9.88. The van der Waals surface area contributed by atoms with Crippen LogP contribution in [0.2, 0.25) is 0 Å². The zero-order valence-corrected chi connectivity index (χ0v) is 16.7. The molecule has 28 heavy (non-hydrogen) atoms. The van der Waals surface area contributed by atoms with Crippen LogP contribution in [0.25, 0.3) is 0 Å². The number of benzene rings is 2. The second-order valence-corrected chi connectivity index (χ2v) is 7.21. The highest BCUT2D eigenvalue weighted by atomic mass is 16.7. The van der Waals surface area contributed by atoms with Gasteiger partial charge in [-0.2, -0.15) is 0 Å². The summed E-state index contributed by atoms with van der Waals surface area (Å²) in [4.78, 5) is 0. The summed E-state index contributed by atoms with van der Waals surface area (Å²) in [6, 6.07) is 20.4. The van der Waals surface area contributed by atoms with Crippen molar-refractivity contribution in [1.82, 2.24) is 0 Å². The van der Waals surface area contributed by atoms with Gasteiger partial charge in [0.25, 0.3) is 0 Å². The molecule has 0 saturated carbocycles. The molecule has 0 aliphatic carbocycles. The molecule has 1 fully saturated rings. The van der Waals surface area contributed by atoms with E-state index in [0.29, 0.717) is 19.8 Å². The van der Waals surface area contributed by atoms with Crippen molar-refractivity contribution in [3.05, 3.63) is 84.4 Å². The van der Waals surface area contributed by atoms with E-state index in [1.807, 2.05) is 43.3 Å². The predicted octanol–water partition coefficient (Wildman–Crippen LogP) is 4.74. The lowest BCUT2D eigenvalue weighted by molar-refractivity contribution is -0.288. The maximum absolute atomic E-state index is 6.35. The maximum Gasteiger partial charge on any atom is 0.163 e. The predicted molar refractivity (Wildman–Crippen MR) is 110 cm³/mol. The van der Waals surface area contributed by atoms with Crippen LogP contribution >= 0.6 is 0 Å². The van der Waals surface area contributed by atoms with E-state index in [4.69, 9.17) is 18.9 Å². The van der Waals surface area contributed by atoms with E-state index in [-0.39, 0.29) is 30.5 Å². The minimum atomic E-state index is -0.342. The third-order valence-electron chi connectivity index (χ3n) is 5.03. The van der Waals surface area contributed by atoms with Gasteiger partial charge in [0, 0.05) is 5.92 Å². The third kappa shape index (κ3) is 5.52. The molecule has 4 heteroatoms. The van der Waals surface area contributed by atoms with Crippen LogP contribution in [0.15, 0.2) is 73.3 Å². The van der Waals surface area contributed by atoms with E-state index < -0.39 is 0 Å². The second-order valence-electron chi connectivity index (χ2n) is 7.21. The van der Waals surface area contributed by atoms with E-state index in [1.54, 1.807) is 6.08 Å². The first-order valence-electron chi connectivity index (χ1n) is 9.88. The fraction of sp³-hybridized carbons (Fsp3) is 0.417. The van der Waals surface area contributed by atoms with Gasteiger partial charge in [-0.3, -0.25) is 0 Å². The molecule has 2 aromatic rings. The van der Waals surface area contributed by atoms with Crippen molar-refractivity contribution < 1.29 is 18.9 Å². The number of rotatable bonds is 9. The Labute approximate surface area is 168 Å². The third-order valence-corrected chi connectivity index (χ3v) is 5.03. The van der Waals surface area contributed by atoms with Crippen LogP contribution in [0.3, 0.4) is 0 Å². The molecule has 0 radical (unpaired) electrons. The summed E-state index contributed by atoms with van der Waals surface area (Å²) in [5, 5.41) is 0. The number of hydrogen-bond acceptors (Lipinski definition) is 4. The highest BCUT2D eigenvalue weighted by molar-refractivity contribution is 5.14. The monoisotopic (exact) mass is 382 g/mol. The summed E-state index contributed by atoms with van der Waals surface area (Å²) in [7, 11) is 0. The average Bonchev–Trinajstić information content (AvgIpc) is 2.73. The molecule has 5 atom stereocenters.